The average molecular weight is 272 g/mol. The van der Waals surface area contributed by atoms with E-state index >= 15 is 0 Å². The third-order valence-corrected chi connectivity index (χ3v) is 4.90. The van der Waals surface area contributed by atoms with Gasteiger partial charge in [-0.2, -0.15) is 0 Å². The van der Waals surface area contributed by atoms with E-state index < -0.39 is 0 Å². The van der Waals surface area contributed by atoms with Crippen LogP contribution >= 0.6 is 23.1 Å². The highest BCUT2D eigenvalue weighted by atomic mass is 32.2. The Balaban J connectivity index is 1.82. The summed E-state index contributed by atoms with van der Waals surface area (Å²) in [6.45, 7) is 4.48. The van der Waals surface area contributed by atoms with E-state index in [9.17, 15) is 4.79 Å². The van der Waals surface area contributed by atoms with Gasteiger partial charge < -0.3 is 10.1 Å². The lowest BCUT2D eigenvalue weighted by molar-refractivity contribution is -0.114. The van der Waals surface area contributed by atoms with Crippen molar-refractivity contribution in [3.05, 3.63) is 11.1 Å². The maximum atomic E-state index is 10.9. The standard InChI is InChI=1S/C11H16N2O2S2/c1-7-10(3-4-15-7)16-5-9-6-17-11(13-9)12-8(2)14/h6-7,10H,3-5H2,1-2H3,(H,12,13,14). The van der Waals surface area contributed by atoms with E-state index in [-0.39, 0.29) is 5.91 Å². The van der Waals surface area contributed by atoms with Gasteiger partial charge in [-0.25, -0.2) is 4.98 Å². The number of thioether (sulfide) groups is 1. The molecule has 0 spiro atoms. The van der Waals surface area contributed by atoms with Crippen molar-refractivity contribution < 1.29 is 9.53 Å². The molecule has 0 radical (unpaired) electrons. The maximum Gasteiger partial charge on any atom is 0.223 e. The van der Waals surface area contributed by atoms with Gasteiger partial charge in [0, 0.05) is 29.9 Å². The number of thiazole rings is 1. The molecule has 2 heterocycles. The van der Waals surface area contributed by atoms with Gasteiger partial charge in [0.05, 0.1) is 11.8 Å². The fraction of sp³-hybridized carbons (Fsp3) is 0.636. The van der Waals surface area contributed by atoms with Crippen LogP contribution in [-0.4, -0.2) is 28.9 Å². The van der Waals surface area contributed by atoms with Crippen molar-refractivity contribution in [2.24, 2.45) is 0 Å². The Bertz CT molecular complexity index is 395. The van der Waals surface area contributed by atoms with Crippen LogP contribution in [0.4, 0.5) is 5.13 Å². The summed E-state index contributed by atoms with van der Waals surface area (Å²) in [5, 5.41) is 5.95. The number of nitrogens with zero attached hydrogens (tertiary/aromatic N) is 1. The molecule has 2 atom stereocenters. The van der Waals surface area contributed by atoms with Crippen molar-refractivity contribution in [1.29, 1.82) is 0 Å². The Morgan fingerprint density at radius 3 is 3.24 bits per heavy atom. The van der Waals surface area contributed by atoms with Crippen LogP contribution in [-0.2, 0) is 15.3 Å². The molecule has 1 aliphatic heterocycles. The summed E-state index contributed by atoms with van der Waals surface area (Å²) in [5.41, 5.74) is 1.03. The number of carbonyl (C=O) groups excluding carboxylic acids is 1. The summed E-state index contributed by atoms with van der Waals surface area (Å²) in [6.07, 6.45) is 1.46. The van der Waals surface area contributed by atoms with Crippen LogP contribution in [0.25, 0.3) is 0 Å². The molecule has 2 rings (SSSR count). The minimum absolute atomic E-state index is 0.0728. The van der Waals surface area contributed by atoms with Gasteiger partial charge in [-0.15, -0.1) is 23.1 Å². The number of hydrogen-bond donors (Lipinski definition) is 1. The molecule has 1 fully saturated rings. The van der Waals surface area contributed by atoms with E-state index in [1.807, 2.05) is 17.1 Å². The summed E-state index contributed by atoms with van der Waals surface area (Å²) in [6, 6.07) is 0. The van der Waals surface area contributed by atoms with Crippen LogP contribution in [0.1, 0.15) is 26.0 Å². The number of anilines is 1. The van der Waals surface area contributed by atoms with Crippen LogP contribution in [0.2, 0.25) is 0 Å². The predicted molar refractivity (Wildman–Crippen MR) is 71.5 cm³/mol. The number of hydrogen-bond acceptors (Lipinski definition) is 5. The largest absolute Gasteiger partial charge is 0.377 e. The third kappa shape index (κ3) is 3.69. The molecule has 4 nitrogen and oxygen atoms in total. The second kappa shape index (κ2) is 5.84. The molecule has 17 heavy (non-hydrogen) atoms. The summed E-state index contributed by atoms with van der Waals surface area (Å²) < 4.78 is 5.52. The lowest BCUT2D eigenvalue weighted by Crippen LogP contribution is -2.13. The molecule has 0 saturated carbocycles. The molecule has 94 valence electrons. The molecular formula is C11H16N2O2S2. The van der Waals surface area contributed by atoms with Gasteiger partial charge >= 0.3 is 0 Å². The Morgan fingerprint density at radius 2 is 2.59 bits per heavy atom. The van der Waals surface area contributed by atoms with Crippen LogP contribution in [0.3, 0.4) is 0 Å². The fourth-order valence-corrected chi connectivity index (χ4v) is 3.71. The lowest BCUT2D eigenvalue weighted by Gasteiger charge is -2.12. The monoisotopic (exact) mass is 272 g/mol. The highest BCUT2D eigenvalue weighted by Gasteiger charge is 2.24. The first-order chi connectivity index (χ1) is 8.15. The number of carbonyl (C=O) groups is 1. The second-order valence-electron chi connectivity index (χ2n) is 4.04. The number of amides is 1. The van der Waals surface area contributed by atoms with Crippen molar-refractivity contribution in [1.82, 2.24) is 4.98 Å². The van der Waals surface area contributed by atoms with Gasteiger partial charge in [0.1, 0.15) is 0 Å². The van der Waals surface area contributed by atoms with E-state index in [0.29, 0.717) is 16.5 Å². The van der Waals surface area contributed by atoms with Crippen molar-refractivity contribution >= 4 is 34.1 Å². The Morgan fingerprint density at radius 1 is 1.76 bits per heavy atom. The van der Waals surface area contributed by atoms with Gasteiger partial charge in [-0.3, -0.25) is 4.79 Å². The average Bonchev–Trinajstić information content (AvgIpc) is 2.84. The van der Waals surface area contributed by atoms with Crippen molar-refractivity contribution in [3.8, 4) is 0 Å². The van der Waals surface area contributed by atoms with Crippen LogP contribution in [0, 0.1) is 0 Å². The van der Waals surface area contributed by atoms with E-state index in [1.54, 1.807) is 0 Å². The lowest BCUT2D eigenvalue weighted by atomic mass is 10.3. The van der Waals surface area contributed by atoms with E-state index in [4.69, 9.17) is 4.74 Å². The molecule has 2 unspecified atom stereocenters. The molecule has 1 amide bonds. The molecule has 1 aromatic rings. The number of nitrogens with one attached hydrogen (secondary N) is 1. The first-order valence-electron chi connectivity index (χ1n) is 5.60. The molecular weight excluding hydrogens is 256 g/mol. The van der Waals surface area contributed by atoms with E-state index in [1.165, 1.54) is 18.3 Å². The van der Waals surface area contributed by atoms with Gasteiger partial charge in [-0.1, -0.05) is 0 Å². The Labute approximate surface area is 109 Å². The van der Waals surface area contributed by atoms with Gasteiger partial charge in [0.15, 0.2) is 5.13 Å². The van der Waals surface area contributed by atoms with Gasteiger partial charge in [0.25, 0.3) is 0 Å². The Kier molecular flexibility index (Phi) is 4.42. The topological polar surface area (TPSA) is 51.2 Å². The quantitative estimate of drug-likeness (QED) is 0.915. The minimum atomic E-state index is -0.0728. The molecule has 1 aliphatic rings. The van der Waals surface area contributed by atoms with Crippen LogP contribution < -0.4 is 5.32 Å². The minimum Gasteiger partial charge on any atom is -0.377 e. The second-order valence-corrected chi connectivity index (χ2v) is 6.12. The van der Waals surface area contributed by atoms with Crippen molar-refractivity contribution in [2.75, 3.05) is 11.9 Å². The fourth-order valence-electron chi connectivity index (χ4n) is 1.70. The summed E-state index contributed by atoms with van der Waals surface area (Å²) in [4.78, 5) is 15.2. The number of aromatic nitrogens is 1. The zero-order chi connectivity index (χ0) is 12.3. The van der Waals surface area contributed by atoms with Gasteiger partial charge in [0.2, 0.25) is 5.91 Å². The van der Waals surface area contributed by atoms with E-state index in [2.05, 4.69) is 17.2 Å². The van der Waals surface area contributed by atoms with Crippen LogP contribution in [0.5, 0.6) is 0 Å². The highest BCUT2D eigenvalue weighted by Crippen LogP contribution is 2.29. The van der Waals surface area contributed by atoms with Crippen LogP contribution in [0.15, 0.2) is 5.38 Å². The summed E-state index contributed by atoms with van der Waals surface area (Å²) in [5.74, 6) is 0.811. The molecule has 0 bridgehead atoms. The van der Waals surface area contributed by atoms with Crippen molar-refractivity contribution in [2.45, 2.75) is 37.4 Å². The smallest absolute Gasteiger partial charge is 0.223 e. The van der Waals surface area contributed by atoms with Crippen molar-refractivity contribution in [3.63, 3.8) is 0 Å². The SMILES string of the molecule is CC(=O)Nc1nc(CSC2CCOC2C)cs1. The molecule has 1 aromatic heterocycles. The van der Waals surface area contributed by atoms with E-state index in [0.717, 1.165) is 24.5 Å². The highest BCUT2D eigenvalue weighted by molar-refractivity contribution is 7.99. The number of rotatable bonds is 4. The molecule has 0 aliphatic carbocycles. The Hall–Kier alpha value is -0.590. The molecule has 6 heteroatoms. The van der Waals surface area contributed by atoms with Gasteiger partial charge in [-0.05, 0) is 13.3 Å². The zero-order valence-corrected chi connectivity index (χ0v) is 11.6. The normalized spacial score (nSPS) is 23.9. The maximum absolute atomic E-state index is 10.9. The summed E-state index contributed by atoms with van der Waals surface area (Å²) in [7, 11) is 0. The third-order valence-electron chi connectivity index (χ3n) is 2.59. The zero-order valence-electron chi connectivity index (χ0n) is 9.93. The number of ether oxygens (including phenoxy) is 1. The first-order valence-corrected chi connectivity index (χ1v) is 7.53. The molecule has 1 N–H and O–H groups in total. The molecule has 0 aromatic carbocycles. The predicted octanol–water partition coefficient (Wildman–Crippen LogP) is 2.51. The summed E-state index contributed by atoms with van der Waals surface area (Å²) >= 11 is 3.36. The molecule has 1 saturated heterocycles. The first kappa shape index (κ1) is 12.9.